The quantitative estimate of drug-likeness (QED) is 0.510. The molecule has 5 nitrogen and oxygen atoms in total. The monoisotopic (exact) mass is 375 g/mol. The lowest BCUT2D eigenvalue weighted by molar-refractivity contribution is -0.124. The summed E-state index contributed by atoms with van der Waals surface area (Å²) < 4.78 is 6.09. The number of hydrogen-bond donors (Lipinski definition) is 3. The van der Waals surface area contributed by atoms with E-state index in [-0.39, 0.29) is 23.5 Å². The Morgan fingerprint density at radius 2 is 1.96 bits per heavy atom. The summed E-state index contributed by atoms with van der Waals surface area (Å²) >= 11 is 0. The first-order chi connectivity index (χ1) is 12.7. The van der Waals surface area contributed by atoms with Gasteiger partial charge in [0.2, 0.25) is 0 Å². The molecule has 5 aliphatic rings. The molecule has 0 aromatic carbocycles. The molecule has 1 spiro atoms. The number of primary amides is 1. The van der Waals surface area contributed by atoms with Crippen molar-refractivity contribution in [3.8, 4) is 0 Å². The van der Waals surface area contributed by atoms with E-state index >= 15 is 0 Å². The van der Waals surface area contributed by atoms with E-state index < -0.39 is 17.1 Å². The summed E-state index contributed by atoms with van der Waals surface area (Å²) in [5.41, 5.74) is 5.53. The fourth-order valence-electron chi connectivity index (χ4n) is 8.23. The summed E-state index contributed by atoms with van der Waals surface area (Å²) in [6.07, 6.45) is 10.2. The molecule has 1 saturated heterocycles. The number of carbonyl (C=O) groups excluding carboxylic acids is 1. The van der Waals surface area contributed by atoms with Crippen LogP contribution >= 0.6 is 0 Å². The molecule has 1 aliphatic heterocycles. The predicted octanol–water partition coefficient (Wildman–Crippen LogP) is 2.30. The number of fused-ring (bicyclic) bond motifs is 6. The number of amides is 1. The Morgan fingerprint density at radius 3 is 2.63 bits per heavy atom. The van der Waals surface area contributed by atoms with Gasteiger partial charge in [0.15, 0.2) is 5.60 Å². The average molecular weight is 376 g/mol. The maximum absolute atomic E-state index is 12.1. The third kappa shape index (κ3) is 1.94. The highest BCUT2D eigenvalue weighted by molar-refractivity contribution is 5.89. The number of ether oxygens (including phenoxy) is 1. The Morgan fingerprint density at radius 1 is 1.22 bits per heavy atom. The van der Waals surface area contributed by atoms with Crippen LogP contribution in [-0.2, 0) is 9.53 Å². The summed E-state index contributed by atoms with van der Waals surface area (Å²) in [6, 6.07) is 0. The summed E-state index contributed by atoms with van der Waals surface area (Å²) in [4.78, 5) is 12.1. The minimum atomic E-state index is -1.17. The Labute approximate surface area is 161 Å². The fraction of sp³-hybridized carbons (Fsp3) is 0.864. The molecule has 5 rings (SSSR count). The molecule has 0 radical (unpaired) electrons. The summed E-state index contributed by atoms with van der Waals surface area (Å²) in [7, 11) is 0. The fourth-order valence-corrected chi connectivity index (χ4v) is 8.23. The van der Waals surface area contributed by atoms with Gasteiger partial charge >= 0.3 is 0 Å². The molecule has 0 aromatic heterocycles. The molecule has 1 heterocycles. The molecule has 8 atom stereocenters. The van der Waals surface area contributed by atoms with E-state index in [0.717, 1.165) is 51.4 Å². The second kappa shape index (κ2) is 5.37. The number of hydrogen-bond acceptors (Lipinski definition) is 4. The summed E-state index contributed by atoms with van der Waals surface area (Å²) in [5.74, 6) is 1.24. The van der Waals surface area contributed by atoms with Crippen molar-refractivity contribution < 1.29 is 19.7 Å². The van der Waals surface area contributed by atoms with Gasteiger partial charge in [0.05, 0.1) is 12.7 Å². The lowest BCUT2D eigenvalue weighted by Gasteiger charge is -2.57. The predicted molar refractivity (Wildman–Crippen MR) is 101 cm³/mol. The van der Waals surface area contributed by atoms with Gasteiger partial charge in [-0.15, -0.1) is 0 Å². The average Bonchev–Trinajstić information content (AvgIpc) is 3.23. The van der Waals surface area contributed by atoms with Gasteiger partial charge in [-0.05, 0) is 74.5 Å². The van der Waals surface area contributed by atoms with Gasteiger partial charge in [-0.2, -0.15) is 0 Å². The molecule has 3 saturated carbocycles. The van der Waals surface area contributed by atoms with Crippen molar-refractivity contribution >= 4 is 5.91 Å². The van der Waals surface area contributed by atoms with Crippen molar-refractivity contribution in [2.45, 2.75) is 82.5 Å². The summed E-state index contributed by atoms with van der Waals surface area (Å²) in [5, 5.41) is 20.1. The first kappa shape index (κ1) is 18.1. The zero-order valence-corrected chi connectivity index (χ0v) is 16.5. The number of epoxide rings is 1. The van der Waals surface area contributed by atoms with Gasteiger partial charge in [-0.1, -0.05) is 25.5 Å². The van der Waals surface area contributed by atoms with Crippen LogP contribution in [0.4, 0.5) is 0 Å². The van der Waals surface area contributed by atoms with Crippen LogP contribution in [0.2, 0.25) is 0 Å². The number of rotatable bonds is 2. The highest BCUT2D eigenvalue weighted by Gasteiger charge is 2.84. The Kier molecular flexibility index (Phi) is 3.61. The number of aliphatic hydroxyl groups is 2. The van der Waals surface area contributed by atoms with Crippen LogP contribution in [-0.4, -0.2) is 40.0 Å². The highest BCUT2D eigenvalue weighted by atomic mass is 16.6. The Hall–Kier alpha value is -0.910. The molecular formula is C22H33NO4. The van der Waals surface area contributed by atoms with Crippen LogP contribution in [0.15, 0.2) is 11.6 Å². The smallest absolute Gasteiger partial charge is 0.255 e. The second-order valence-corrected chi connectivity index (χ2v) is 10.4. The van der Waals surface area contributed by atoms with Crippen LogP contribution in [0.5, 0.6) is 0 Å². The van der Waals surface area contributed by atoms with Crippen LogP contribution < -0.4 is 5.73 Å². The minimum absolute atomic E-state index is 0.0954. The van der Waals surface area contributed by atoms with E-state index in [1.807, 2.05) is 0 Å². The third-order valence-electron chi connectivity index (χ3n) is 9.78. The van der Waals surface area contributed by atoms with Crippen molar-refractivity contribution in [3.63, 3.8) is 0 Å². The third-order valence-corrected chi connectivity index (χ3v) is 9.78. The maximum Gasteiger partial charge on any atom is 0.255 e. The molecule has 1 amide bonds. The van der Waals surface area contributed by atoms with E-state index in [0.29, 0.717) is 17.8 Å². The largest absolute Gasteiger partial charge is 0.393 e. The minimum Gasteiger partial charge on any atom is -0.393 e. The Balaban J connectivity index is 1.49. The van der Waals surface area contributed by atoms with Gasteiger partial charge in [-0.25, -0.2) is 0 Å². The zero-order valence-electron chi connectivity index (χ0n) is 16.5. The molecule has 0 aromatic rings. The molecule has 5 heteroatoms. The van der Waals surface area contributed by atoms with Crippen molar-refractivity contribution in [1.29, 1.82) is 0 Å². The van der Waals surface area contributed by atoms with Gasteiger partial charge in [0.1, 0.15) is 5.60 Å². The van der Waals surface area contributed by atoms with E-state index in [1.54, 1.807) is 0 Å². The molecule has 0 bridgehead atoms. The Bertz CT molecular complexity index is 721. The number of aliphatic hydroxyl groups excluding tert-OH is 2. The van der Waals surface area contributed by atoms with Crippen LogP contribution in [0.3, 0.4) is 0 Å². The molecule has 27 heavy (non-hydrogen) atoms. The molecule has 4 fully saturated rings. The van der Waals surface area contributed by atoms with Gasteiger partial charge in [0.25, 0.3) is 5.91 Å². The maximum atomic E-state index is 12.1. The van der Waals surface area contributed by atoms with Crippen LogP contribution in [0.25, 0.3) is 0 Å². The van der Waals surface area contributed by atoms with E-state index in [1.165, 1.54) is 5.57 Å². The topological polar surface area (TPSA) is 96.1 Å². The first-order valence-corrected chi connectivity index (χ1v) is 10.7. The van der Waals surface area contributed by atoms with Crippen LogP contribution in [0, 0.1) is 28.6 Å². The molecular weight excluding hydrogens is 342 g/mol. The second-order valence-electron chi connectivity index (χ2n) is 10.4. The lowest BCUT2D eigenvalue weighted by atomic mass is 9.47. The standard InChI is InChI=1S/C22H33NO4/c1-19-8-5-14(25)11-13(19)3-4-15-16(19)6-9-20(2)17(15)7-10-22(20)21(12-24,27-22)18(23)26/h3,14-17,24-25H,4-12H2,1-2H3,(H2,23,26). The number of allylic oxidation sites excluding steroid dienone is 1. The van der Waals surface area contributed by atoms with E-state index in [2.05, 4.69) is 19.9 Å². The normalized spacial score (nSPS) is 56.1. The van der Waals surface area contributed by atoms with E-state index in [9.17, 15) is 15.0 Å². The van der Waals surface area contributed by atoms with Crippen molar-refractivity contribution in [1.82, 2.24) is 0 Å². The number of carbonyl (C=O) groups is 1. The van der Waals surface area contributed by atoms with Gasteiger partial charge < -0.3 is 20.7 Å². The van der Waals surface area contributed by atoms with Crippen molar-refractivity contribution in [3.05, 3.63) is 11.6 Å². The van der Waals surface area contributed by atoms with Crippen molar-refractivity contribution in [2.75, 3.05) is 6.61 Å². The zero-order chi connectivity index (χ0) is 19.2. The number of nitrogens with two attached hydrogens (primary N) is 1. The molecule has 4 N–H and O–H groups in total. The van der Waals surface area contributed by atoms with Gasteiger partial charge in [0, 0.05) is 5.41 Å². The van der Waals surface area contributed by atoms with Crippen molar-refractivity contribution in [2.24, 2.45) is 34.3 Å². The lowest BCUT2D eigenvalue weighted by Crippen LogP contribution is -2.55. The van der Waals surface area contributed by atoms with Crippen LogP contribution in [0.1, 0.15) is 65.2 Å². The molecule has 150 valence electrons. The first-order valence-electron chi connectivity index (χ1n) is 10.7. The van der Waals surface area contributed by atoms with Gasteiger partial charge in [-0.3, -0.25) is 4.79 Å². The highest BCUT2D eigenvalue weighted by Crippen LogP contribution is 2.75. The molecule has 4 aliphatic carbocycles. The molecule has 8 unspecified atom stereocenters. The SMILES string of the molecule is CC12CCC(O)CC1=CCC1C2CCC2(C)C1CCC21OC1(CO)C(N)=O. The summed E-state index contributed by atoms with van der Waals surface area (Å²) in [6.45, 7) is 4.40. The van der Waals surface area contributed by atoms with E-state index in [4.69, 9.17) is 10.5 Å².